The summed E-state index contributed by atoms with van der Waals surface area (Å²) in [5.41, 5.74) is 1.16. The summed E-state index contributed by atoms with van der Waals surface area (Å²) < 4.78 is 5.39. The molecule has 124 valence electrons. The Labute approximate surface area is 134 Å². The predicted molar refractivity (Wildman–Crippen MR) is 90.2 cm³/mol. The predicted octanol–water partition coefficient (Wildman–Crippen LogP) is 2.22. The van der Waals surface area contributed by atoms with Crippen LogP contribution in [0.3, 0.4) is 0 Å². The van der Waals surface area contributed by atoms with Gasteiger partial charge in [0.05, 0.1) is 13.2 Å². The molecule has 1 saturated heterocycles. The number of likely N-dealkylation sites (tertiary alicyclic amines) is 1. The molecular weight excluding hydrogens is 276 g/mol. The molecule has 1 aromatic carbocycles. The summed E-state index contributed by atoms with van der Waals surface area (Å²) in [5, 5.41) is 10.3. The molecular formula is C18H30N2O2. The number of hydrogen-bond donors (Lipinski definition) is 1. The quantitative estimate of drug-likeness (QED) is 0.838. The zero-order valence-electron chi connectivity index (χ0n) is 14.2. The summed E-state index contributed by atoms with van der Waals surface area (Å²) in [5.74, 6) is 1.75. The Balaban J connectivity index is 1.77. The van der Waals surface area contributed by atoms with Crippen molar-refractivity contribution >= 4 is 0 Å². The molecule has 0 radical (unpaired) electrons. The molecule has 22 heavy (non-hydrogen) atoms. The zero-order valence-corrected chi connectivity index (χ0v) is 14.2. The third-order valence-electron chi connectivity index (χ3n) is 4.50. The average Bonchev–Trinajstić information content (AvgIpc) is 2.50. The number of nitrogens with zero attached hydrogens (tertiary/aromatic N) is 2. The van der Waals surface area contributed by atoms with E-state index in [-0.39, 0.29) is 6.10 Å². The van der Waals surface area contributed by atoms with Crippen molar-refractivity contribution in [3.63, 3.8) is 0 Å². The third kappa shape index (κ3) is 5.27. The van der Waals surface area contributed by atoms with Crippen molar-refractivity contribution in [1.29, 1.82) is 0 Å². The van der Waals surface area contributed by atoms with Crippen LogP contribution < -0.4 is 4.74 Å². The van der Waals surface area contributed by atoms with E-state index in [2.05, 4.69) is 22.8 Å². The van der Waals surface area contributed by atoms with Gasteiger partial charge in [0.15, 0.2) is 0 Å². The largest absolute Gasteiger partial charge is 0.496 e. The molecule has 1 aromatic rings. The fraction of sp³-hybridized carbons (Fsp3) is 0.667. The van der Waals surface area contributed by atoms with Crippen LogP contribution in [0.4, 0.5) is 0 Å². The van der Waals surface area contributed by atoms with Gasteiger partial charge in [0.25, 0.3) is 0 Å². The van der Waals surface area contributed by atoms with Gasteiger partial charge in [-0.2, -0.15) is 0 Å². The van der Waals surface area contributed by atoms with Crippen LogP contribution in [0, 0.1) is 5.92 Å². The molecule has 1 heterocycles. The van der Waals surface area contributed by atoms with Crippen LogP contribution in [-0.2, 0) is 6.54 Å². The number of aliphatic hydroxyl groups is 1. The number of β-amino-alcohol motifs (C(OH)–C–C–N with tert-alkyl or cyclic N) is 1. The lowest BCUT2D eigenvalue weighted by Gasteiger charge is -2.32. The Morgan fingerprint density at radius 1 is 1.32 bits per heavy atom. The first-order valence-corrected chi connectivity index (χ1v) is 8.29. The third-order valence-corrected chi connectivity index (χ3v) is 4.50. The van der Waals surface area contributed by atoms with Crippen LogP contribution >= 0.6 is 0 Å². The Kier molecular flexibility index (Phi) is 6.68. The summed E-state index contributed by atoms with van der Waals surface area (Å²) >= 11 is 0. The van der Waals surface area contributed by atoms with Gasteiger partial charge in [-0.15, -0.1) is 0 Å². The van der Waals surface area contributed by atoms with Gasteiger partial charge in [-0.3, -0.25) is 4.90 Å². The van der Waals surface area contributed by atoms with Crippen LogP contribution in [0.25, 0.3) is 0 Å². The lowest BCUT2D eigenvalue weighted by atomic mass is 9.99. The number of ether oxygens (including phenoxy) is 1. The highest BCUT2D eigenvalue weighted by molar-refractivity contribution is 5.32. The number of benzene rings is 1. The van der Waals surface area contributed by atoms with Gasteiger partial charge in [-0.1, -0.05) is 25.1 Å². The van der Waals surface area contributed by atoms with E-state index in [1.807, 2.05) is 25.2 Å². The molecule has 1 aliphatic rings. The van der Waals surface area contributed by atoms with E-state index in [4.69, 9.17) is 4.74 Å². The minimum absolute atomic E-state index is 0.298. The van der Waals surface area contributed by atoms with Crippen molar-refractivity contribution < 1.29 is 9.84 Å². The number of methoxy groups -OCH3 is 1. The zero-order chi connectivity index (χ0) is 15.9. The minimum atomic E-state index is -0.298. The van der Waals surface area contributed by atoms with E-state index < -0.39 is 0 Å². The van der Waals surface area contributed by atoms with Gasteiger partial charge < -0.3 is 14.7 Å². The molecule has 1 atom stereocenters. The second-order valence-corrected chi connectivity index (χ2v) is 6.65. The Bertz CT molecular complexity index is 444. The molecule has 2 rings (SSSR count). The molecule has 0 amide bonds. The van der Waals surface area contributed by atoms with Gasteiger partial charge in [0, 0.05) is 25.2 Å². The molecule has 0 aromatic heterocycles. The maximum absolute atomic E-state index is 10.3. The van der Waals surface area contributed by atoms with Crippen LogP contribution in [-0.4, -0.2) is 61.3 Å². The summed E-state index contributed by atoms with van der Waals surface area (Å²) in [6.07, 6.45) is 2.21. The SMILES string of the molecule is COc1ccccc1CN(C)CC(O)CN1CCC(C)CC1. The van der Waals surface area contributed by atoms with Gasteiger partial charge >= 0.3 is 0 Å². The number of aliphatic hydroxyl groups excluding tert-OH is 1. The number of hydrogen-bond acceptors (Lipinski definition) is 4. The van der Waals surface area contributed by atoms with Crippen molar-refractivity contribution in [2.24, 2.45) is 5.92 Å². The molecule has 1 aliphatic heterocycles. The summed E-state index contributed by atoms with van der Waals surface area (Å²) in [4.78, 5) is 4.55. The Morgan fingerprint density at radius 3 is 2.68 bits per heavy atom. The van der Waals surface area contributed by atoms with Gasteiger partial charge in [0.1, 0.15) is 5.75 Å². The van der Waals surface area contributed by atoms with Crippen molar-refractivity contribution in [1.82, 2.24) is 9.80 Å². The monoisotopic (exact) mass is 306 g/mol. The van der Waals surface area contributed by atoms with Crippen LogP contribution in [0.2, 0.25) is 0 Å². The minimum Gasteiger partial charge on any atom is -0.496 e. The van der Waals surface area contributed by atoms with E-state index in [1.54, 1.807) is 7.11 Å². The molecule has 0 saturated carbocycles. The highest BCUT2D eigenvalue weighted by atomic mass is 16.5. The smallest absolute Gasteiger partial charge is 0.123 e. The maximum Gasteiger partial charge on any atom is 0.123 e. The van der Waals surface area contributed by atoms with Crippen LogP contribution in [0.15, 0.2) is 24.3 Å². The lowest BCUT2D eigenvalue weighted by molar-refractivity contribution is 0.0661. The first-order valence-electron chi connectivity index (χ1n) is 8.29. The van der Waals surface area contributed by atoms with E-state index in [0.29, 0.717) is 6.54 Å². The molecule has 1 fully saturated rings. The highest BCUT2D eigenvalue weighted by Gasteiger charge is 2.19. The standard InChI is InChI=1S/C18H30N2O2/c1-15-8-10-20(11-9-15)14-17(21)13-19(2)12-16-6-4-5-7-18(16)22-3/h4-7,15,17,21H,8-14H2,1-3H3. The molecule has 0 aliphatic carbocycles. The fourth-order valence-corrected chi connectivity index (χ4v) is 3.15. The Morgan fingerprint density at radius 2 is 2.00 bits per heavy atom. The van der Waals surface area contributed by atoms with Crippen molar-refractivity contribution in [3.05, 3.63) is 29.8 Å². The van der Waals surface area contributed by atoms with E-state index in [1.165, 1.54) is 12.8 Å². The molecule has 4 heteroatoms. The second kappa shape index (κ2) is 8.51. The molecule has 4 nitrogen and oxygen atoms in total. The maximum atomic E-state index is 10.3. The van der Waals surface area contributed by atoms with E-state index >= 15 is 0 Å². The molecule has 0 spiro atoms. The molecule has 1 unspecified atom stereocenters. The van der Waals surface area contributed by atoms with Gasteiger partial charge in [-0.05, 0) is 45.0 Å². The molecule has 0 bridgehead atoms. The van der Waals surface area contributed by atoms with Gasteiger partial charge in [-0.25, -0.2) is 0 Å². The second-order valence-electron chi connectivity index (χ2n) is 6.65. The topological polar surface area (TPSA) is 35.9 Å². The van der Waals surface area contributed by atoms with Crippen LogP contribution in [0.5, 0.6) is 5.75 Å². The summed E-state index contributed by atoms with van der Waals surface area (Å²) in [6.45, 7) is 6.81. The normalized spacial score (nSPS) is 18.6. The van der Waals surface area contributed by atoms with Crippen LogP contribution in [0.1, 0.15) is 25.3 Å². The Hall–Kier alpha value is -1.10. The van der Waals surface area contributed by atoms with Crippen molar-refractivity contribution in [3.8, 4) is 5.75 Å². The van der Waals surface area contributed by atoms with E-state index in [9.17, 15) is 5.11 Å². The van der Waals surface area contributed by atoms with E-state index in [0.717, 1.165) is 43.4 Å². The first kappa shape index (κ1) is 17.3. The first-order chi connectivity index (χ1) is 10.6. The average molecular weight is 306 g/mol. The number of piperidine rings is 1. The number of likely N-dealkylation sites (N-methyl/N-ethyl adjacent to an activating group) is 1. The molecule has 1 N–H and O–H groups in total. The summed E-state index contributed by atoms with van der Waals surface area (Å²) in [7, 11) is 3.75. The van der Waals surface area contributed by atoms with Gasteiger partial charge in [0.2, 0.25) is 0 Å². The fourth-order valence-electron chi connectivity index (χ4n) is 3.15. The lowest BCUT2D eigenvalue weighted by Crippen LogP contribution is -2.42. The summed E-state index contributed by atoms with van der Waals surface area (Å²) in [6, 6.07) is 8.06. The highest BCUT2D eigenvalue weighted by Crippen LogP contribution is 2.19. The number of rotatable bonds is 7. The number of para-hydroxylation sites is 1. The van der Waals surface area contributed by atoms with Crippen molar-refractivity contribution in [2.75, 3.05) is 40.3 Å². The van der Waals surface area contributed by atoms with Crippen molar-refractivity contribution in [2.45, 2.75) is 32.4 Å².